The number of carbonyl (C=O) groups excluding carboxylic acids is 2. The van der Waals surface area contributed by atoms with Gasteiger partial charge in [0.2, 0.25) is 11.8 Å². The van der Waals surface area contributed by atoms with Crippen LogP contribution in [0.4, 0.5) is 10.1 Å². The van der Waals surface area contributed by atoms with Crippen LogP contribution in [-0.4, -0.2) is 35.0 Å². The topological polar surface area (TPSA) is 76.5 Å². The van der Waals surface area contributed by atoms with E-state index >= 15 is 0 Å². The average Bonchev–Trinajstić information content (AvgIpc) is 3.37. The molecule has 3 aromatic rings. The lowest BCUT2D eigenvalue weighted by molar-refractivity contribution is -0.126. The highest BCUT2D eigenvalue weighted by Gasteiger charge is 2.35. The lowest BCUT2D eigenvalue weighted by atomic mass is 10.1. The van der Waals surface area contributed by atoms with Gasteiger partial charge in [-0.15, -0.1) is 0 Å². The molecule has 1 aliphatic rings. The summed E-state index contributed by atoms with van der Waals surface area (Å²) in [6, 6.07) is 12.0. The van der Waals surface area contributed by atoms with E-state index in [-0.39, 0.29) is 24.8 Å². The van der Waals surface area contributed by atoms with Crippen LogP contribution >= 0.6 is 0 Å². The van der Waals surface area contributed by atoms with Gasteiger partial charge in [0, 0.05) is 43.7 Å². The zero-order valence-electron chi connectivity index (χ0n) is 17.3. The summed E-state index contributed by atoms with van der Waals surface area (Å²) < 4.78 is 21.4. The van der Waals surface area contributed by atoms with Crippen LogP contribution in [0, 0.1) is 18.7 Å². The molecule has 31 heavy (non-hydrogen) atoms. The summed E-state index contributed by atoms with van der Waals surface area (Å²) in [5.41, 5.74) is 1.74. The molecule has 4 rings (SSSR count). The van der Waals surface area contributed by atoms with Crippen LogP contribution in [0.5, 0.6) is 5.75 Å². The Balaban J connectivity index is 1.38. The Bertz CT molecular complexity index is 1130. The van der Waals surface area contributed by atoms with Gasteiger partial charge in [-0.3, -0.25) is 9.59 Å². The first-order valence-corrected chi connectivity index (χ1v) is 9.97. The van der Waals surface area contributed by atoms with Crippen LogP contribution in [0.25, 0.3) is 5.69 Å². The molecule has 0 bridgehead atoms. The van der Waals surface area contributed by atoms with Gasteiger partial charge in [0.05, 0.1) is 18.7 Å². The predicted octanol–water partition coefficient (Wildman–Crippen LogP) is 3.00. The normalized spacial score (nSPS) is 15.9. The van der Waals surface area contributed by atoms with Crippen molar-refractivity contribution < 1.29 is 18.7 Å². The van der Waals surface area contributed by atoms with Crippen LogP contribution in [0.3, 0.4) is 0 Å². The minimum Gasteiger partial charge on any atom is -0.497 e. The second-order valence-corrected chi connectivity index (χ2v) is 7.45. The minimum atomic E-state index is -0.462. The van der Waals surface area contributed by atoms with Gasteiger partial charge in [-0.2, -0.15) is 0 Å². The number of anilines is 1. The zero-order chi connectivity index (χ0) is 22.0. The third-order valence-electron chi connectivity index (χ3n) is 5.42. The molecule has 0 spiro atoms. The predicted molar refractivity (Wildman–Crippen MR) is 114 cm³/mol. The first kappa shape index (κ1) is 20.6. The molecule has 1 saturated heterocycles. The first-order valence-electron chi connectivity index (χ1n) is 9.97. The monoisotopic (exact) mass is 422 g/mol. The summed E-state index contributed by atoms with van der Waals surface area (Å²) in [5.74, 6) is 0.138. The van der Waals surface area contributed by atoms with E-state index in [2.05, 4.69) is 10.3 Å². The number of rotatable bonds is 6. The molecule has 0 radical (unpaired) electrons. The van der Waals surface area contributed by atoms with Crippen molar-refractivity contribution in [2.45, 2.75) is 19.9 Å². The Hall–Kier alpha value is -3.68. The maximum Gasteiger partial charge on any atom is 0.227 e. The molecule has 7 nitrogen and oxygen atoms in total. The van der Waals surface area contributed by atoms with E-state index < -0.39 is 11.7 Å². The van der Waals surface area contributed by atoms with Gasteiger partial charge in [0.15, 0.2) is 0 Å². The Morgan fingerprint density at radius 3 is 2.84 bits per heavy atom. The summed E-state index contributed by atoms with van der Waals surface area (Å²) in [4.78, 5) is 30.8. The maximum absolute atomic E-state index is 14.5. The average molecular weight is 422 g/mol. The summed E-state index contributed by atoms with van der Waals surface area (Å²) >= 11 is 0. The molecule has 2 heterocycles. The van der Waals surface area contributed by atoms with Crippen LogP contribution in [-0.2, 0) is 16.1 Å². The van der Waals surface area contributed by atoms with Gasteiger partial charge in [0.1, 0.15) is 17.4 Å². The number of imidazole rings is 1. The Labute approximate surface area is 179 Å². The number of ether oxygens (including phenoxy) is 1. The molecule has 8 heteroatoms. The SMILES string of the molecule is COc1cccc(N2CC(C(=O)NCc3ccc(-n4ccnc4C)c(F)c3)CC2=O)c1. The van der Waals surface area contributed by atoms with Crippen LogP contribution in [0.15, 0.2) is 54.9 Å². The lowest BCUT2D eigenvalue weighted by Crippen LogP contribution is -2.32. The lowest BCUT2D eigenvalue weighted by Gasteiger charge is -2.17. The molecule has 1 atom stereocenters. The molecule has 1 unspecified atom stereocenters. The summed E-state index contributed by atoms with van der Waals surface area (Å²) in [7, 11) is 1.56. The number of halogens is 1. The first-order chi connectivity index (χ1) is 15.0. The highest BCUT2D eigenvalue weighted by molar-refractivity contribution is 6.00. The van der Waals surface area contributed by atoms with Crippen molar-refractivity contribution >= 4 is 17.5 Å². The Kier molecular flexibility index (Phi) is 5.70. The Morgan fingerprint density at radius 2 is 2.13 bits per heavy atom. The second-order valence-electron chi connectivity index (χ2n) is 7.45. The number of aryl methyl sites for hydroxylation is 1. The fourth-order valence-electron chi connectivity index (χ4n) is 3.73. The molecule has 1 aromatic heterocycles. The highest BCUT2D eigenvalue weighted by atomic mass is 19.1. The summed E-state index contributed by atoms with van der Waals surface area (Å²) in [6.45, 7) is 2.28. The summed E-state index contributed by atoms with van der Waals surface area (Å²) in [6.07, 6.45) is 3.44. The van der Waals surface area contributed by atoms with E-state index in [9.17, 15) is 14.0 Å². The number of amides is 2. The smallest absolute Gasteiger partial charge is 0.227 e. The standard InChI is InChI=1S/C23H23FN4O3/c1-15-25-8-9-27(15)21-7-6-16(10-20(21)24)13-26-23(30)17-11-22(29)28(14-17)18-4-3-5-19(12-18)31-2/h3-10,12,17H,11,13-14H2,1-2H3,(H,26,30). The molecule has 1 fully saturated rings. The quantitative estimate of drug-likeness (QED) is 0.663. The number of methoxy groups -OCH3 is 1. The fourth-order valence-corrected chi connectivity index (χ4v) is 3.73. The van der Waals surface area contributed by atoms with Gasteiger partial charge in [0.25, 0.3) is 0 Å². The van der Waals surface area contributed by atoms with E-state index in [1.165, 1.54) is 6.07 Å². The van der Waals surface area contributed by atoms with Crippen molar-refractivity contribution in [2.75, 3.05) is 18.6 Å². The number of hydrogen-bond acceptors (Lipinski definition) is 4. The molecule has 2 aromatic carbocycles. The van der Waals surface area contributed by atoms with Crippen molar-refractivity contribution in [2.24, 2.45) is 5.92 Å². The number of aromatic nitrogens is 2. The minimum absolute atomic E-state index is 0.112. The number of nitrogens with zero attached hydrogens (tertiary/aromatic N) is 3. The number of nitrogens with one attached hydrogen (secondary N) is 1. The summed E-state index contributed by atoms with van der Waals surface area (Å²) in [5, 5.41) is 2.82. The van der Waals surface area contributed by atoms with E-state index in [1.54, 1.807) is 66.2 Å². The van der Waals surface area contributed by atoms with Crippen LogP contribution in [0.1, 0.15) is 17.8 Å². The van der Waals surface area contributed by atoms with E-state index in [0.29, 0.717) is 35.1 Å². The van der Waals surface area contributed by atoms with Crippen molar-refractivity contribution in [3.63, 3.8) is 0 Å². The molecule has 0 saturated carbocycles. The fraction of sp³-hybridized carbons (Fsp3) is 0.261. The van der Waals surface area contributed by atoms with Gasteiger partial charge in [-0.05, 0) is 36.8 Å². The van der Waals surface area contributed by atoms with E-state index in [1.807, 2.05) is 6.07 Å². The van der Waals surface area contributed by atoms with Crippen molar-refractivity contribution in [3.8, 4) is 11.4 Å². The maximum atomic E-state index is 14.5. The third kappa shape index (κ3) is 4.28. The highest BCUT2D eigenvalue weighted by Crippen LogP contribution is 2.28. The van der Waals surface area contributed by atoms with Crippen molar-refractivity contribution in [1.82, 2.24) is 14.9 Å². The van der Waals surface area contributed by atoms with Gasteiger partial charge >= 0.3 is 0 Å². The molecular formula is C23H23FN4O3. The molecule has 1 N–H and O–H groups in total. The van der Waals surface area contributed by atoms with Crippen molar-refractivity contribution in [3.05, 3.63) is 72.1 Å². The van der Waals surface area contributed by atoms with E-state index in [0.717, 1.165) is 0 Å². The zero-order valence-corrected chi connectivity index (χ0v) is 17.3. The van der Waals surface area contributed by atoms with Gasteiger partial charge < -0.3 is 19.5 Å². The molecule has 1 aliphatic heterocycles. The van der Waals surface area contributed by atoms with Crippen LogP contribution in [0.2, 0.25) is 0 Å². The second kappa shape index (κ2) is 8.59. The molecular weight excluding hydrogens is 399 g/mol. The van der Waals surface area contributed by atoms with Crippen LogP contribution < -0.4 is 15.0 Å². The number of carbonyl (C=O) groups is 2. The molecule has 160 valence electrons. The van der Waals surface area contributed by atoms with Gasteiger partial charge in [-0.1, -0.05) is 12.1 Å². The molecule has 2 amide bonds. The van der Waals surface area contributed by atoms with Crippen molar-refractivity contribution in [1.29, 1.82) is 0 Å². The Morgan fingerprint density at radius 1 is 1.29 bits per heavy atom. The third-order valence-corrected chi connectivity index (χ3v) is 5.42. The number of hydrogen-bond donors (Lipinski definition) is 1. The number of benzene rings is 2. The van der Waals surface area contributed by atoms with Gasteiger partial charge in [-0.25, -0.2) is 9.37 Å². The molecule has 0 aliphatic carbocycles. The van der Waals surface area contributed by atoms with E-state index in [4.69, 9.17) is 4.74 Å². The largest absolute Gasteiger partial charge is 0.497 e.